The maximum atomic E-state index is 5.28. The number of hydrogen-bond acceptors (Lipinski definition) is 5. The highest BCUT2D eigenvalue weighted by molar-refractivity contribution is 6.18. The summed E-state index contributed by atoms with van der Waals surface area (Å²) in [6, 6.07) is 8.52. The molecule has 0 saturated heterocycles. The lowest BCUT2D eigenvalue weighted by Gasteiger charge is -2.47. The second-order valence-electron chi connectivity index (χ2n) is 7.59. The first-order valence-corrected chi connectivity index (χ1v) is 8.66. The van der Waals surface area contributed by atoms with Crippen LogP contribution < -0.4 is 4.74 Å². The average Bonchev–Trinajstić information content (AvgIpc) is 2.97. The molecule has 5 heteroatoms. The van der Waals surface area contributed by atoms with Gasteiger partial charge < -0.3 is 9.64 Å². The lowest BCUT2D eigenvalue weighted by Crippen LogP contribution is -2.56. The fraction of sp³-hybridized carbons (Fsp3) is 0.526. The van der Waals surface area contributed by atoms with Gasteiger partial charge in [-0.3, -0.25) is 0 Å². The van der Waals surface area contributed by atoms with E-state index in [1.165, 1.54) is 5.71 Å². The first kappa shape index (κ1) is 15.4. The summed E-state index contributed by atoms with van der Waals surface area (Å²) in [4.78, 5) is 7.33. The molecule has 1 saturated carbocycles. The summed E-state index contributed by atoms with van der Waals surface area (Å²) in [6.45, 7) is 7.80. The lowest BCUT2D eigenvalue weighted by molar-refractivity contribution is 0.181. The van der Waals surface area contributed by atoms with Gasteiger partial charge >= 0.3 is 0 Å². The molecule has 126 valence electrons. The van der Waals surface area contributed by atoms with Gasteiger partial charge in [-0.1, -0.05) is 13.8 Å². The van der Waals surface area contributed by atoms with Crippen LogP contribution in [0.25, 0.3) is 0 Å². The minimum absolute atomic E-state index is 0.251. The monoisotopic (exact) mass is 324 g/mol. The molecule has 0 radical (unpaired) electrons. The number of methoxy groups -OCH3 is 1. The summed E-state index contributed by atoms with van der Waals surface area (Å²) in [6.07, 6.45) is 2.16. The molecule has 1 aromatic rings. The Balaban J connectivity index is 1.76. The number of nitrogens with zero attached hydrogens (tertiary/aromatic N) is 4. The molecule has 4 rings (SSSR count). The van der Waals surface area contributed by atoms with Crippen LogP contribution in [0.2, 0.25) is 0 Å². The molecule has 2 aliphatic heterocycles. The predicted molar refractivity (Wildman–Crippen MR) is 97.1 cm³/mol. The highest BCUT2D eigenvalue weighted by Crippen LogP contribution is 2.43. The van der Waals surface area contributed by atoms with Crippen molar-refractivity contribution >= 4 is 17.4 Å². The maximum Gasteiger partial charge on any atom is 0.164 e. The zero-order valence-electron chi connectivity index (χ0n) is 14.8. The van der Waals surface area contributed by atoms with Crippen LogP contribution in [-0.2, 0) is 0 Å². The van der Waals surface area contributed by atoms with Crippen LogP contribution in [0.3, 0.4) is 0 Å². The average molecular weight is 324 g/mol. The fourth-order valence-electron chi connectivity index (χ4n) is 4.24. The van der Waals surface area contributed by atoms with Gasteiger partial charge in [-0.25, -0.2) is 4.99 Å². The quantitative estimate of drug-likeness (QED) is 0.856. The Morgan fingerprint density at radius 3 is 2.62 bits per heavy atom. The Kier molecular flexibility index (Phi) is 3.48. The third-order valence-electron chi connectivity index (χ3n) is 5.31. The van der Waals surface area contributed by atoms with E-state index in [1.807, 2.05) is 12.1 Å². The molecule has 3 aliphatic rings. The van der Waals surface area contributed by atoms with Crippen molar-refractivity contribution in [1.29, 1.82) is 0 Å². The Morgan fingerprint density at radius 2 is 1.96 bits per heavy atom. The largest absolute Gasteiger partial charge is 0.497 e. The minimum Gasteiger partial charge on any atom is -0.497 e. The number of benzene rings is 1. The van der Waals surface area contributed by atoms with Crippen LogP contribution in [-0.4, -0.2) is 42.0 Å². The van der Waals surface area contributed by atoms with Gasteiger partial charge in [0.1, 0.15) is 11.6 Å². The van der Waals surface area contributed by atoms with Gasteiger partial charge in [-0.2, -0.15) is 5.10 Å². The summed E-state index contributed by atoms with van der Waals surface area (Å²) in [5.41, 5.74) is 2.57. The molecule has 0 bridgehead atoms. The van der Waals surface area contributed by atoms with E-state index in [0.717, 1.165) is 42.4 Å². The molecule has 0 spiro atoms. The molecule has 1 aliphatic carbocycles. The van der Waals surface area contributed by atoms with Crippen molar-refractivity contribution in [1.82, 2.24) is 4.90 Å². The summed E-state index contributed by atoms with van der Waals surface area (Å²) in [5, 5.41) is 8.88. The van der Waals surface area contributed by atoms with Crippen molar-refractivity contribution in [2.45, 2.75) is 39.7 Å². The lowest BCUT2D eigenvalue weighted by atomic mass is 9.68. The second-order valence-corrected chi connectivity index (χ2v) is 7.59. The maximum absolute atomic E-state index is 5.28. The van der Waals surface area contributed by atoms with E-state index in [1.54, 1.807) is 7.11 Å². The van der Waals surface area contributed by atoms with E-state index < -0.39 is 0 Å². The van der Waals surface area contributed by atoms with Crippen LogP contribution in [0, 0.1) is 11.3 Å². The molecule has 0 amide bonds. The van der Waals surface area contributed by atoms with Crippen LogP contribution >= 0.6 is 0 Å². The van der Waals surface area contributed by atoms with Crippen molar-refractivity contribution in [3.05, 3.63) is 29.8 Å². The molecule has 1 aromatic carbocycles. The molecular weight excluding hydrogens is 300 g/mol. The van der Waals surface area contributed by atoms with Crippen molar-refractivity contribution in [2.75, 3.05) is 13.7 Å². The van der Waals surface area contributed by atoms with Gasteiger partial charge in [0, 0.05) is 18.2 Å². The minimum atomic E-state index is 0.251. The Labute approximate surface area is 143 Å². The topological polar surface area (TPSA) is 49.5 Å². The van der Waals surface area contributed by atoms with Gasteiger partial charge in [0.15, 0.2) is 5.84 Å². The van der Waals surface area contributed by atoms with Gasteiger partial charge in [-0.15, -0.1) is 5.10 Å². The van der Waals surface area contributed by atoms with E-state index in [0.29, 0.717) is 6.04 Å². The molecule has 2 atom stereocenters. The van der Waals surface area contributed by atoms with Gasteiger partial charge in [0.05, 0.1) is 18.7 Å². The van der Waals surface area contributed by atoms with Gasteiger partial charge in [-0.05, 0) is 49.4 Å². The fourth-order valence-corrected chi connectivity index (χ4v) is 4.24. The van der Waals surface area contributed by atoms with Gasteiger partial charge in [0.25, 0.3) is 0 Å². The summed E-state index contributed by atoms with van der Waals surface area (Å²) < 4.78 is 5.28. The van der Waals surface area contributed by atoms with Crippen molar-refractivity contribution in [3.63, 3.8) is 0 Å². The van der Waals surface area contributed by atoms with E-state index in [-0.39, 0.29) is 11.3 Å². The summed E-state index contributed by atoms with van der Waals surface area (Å²) in [5.74, 6) is 3.04. The third kappa shape index (κ3) is 2.34. The van der Waals surface area contributed by atoms with Gasteiger partial charge in [0.2, 0.25) is 0 Å². The highest BCUT2D eigenvalue weighted by Gasteiger charge is 2.49. The second kappa shape index (κ2) is 5.43. The van der Waals surface area contributed by atoms with Crippen molar-refractivity contribution in [3.8, 4) is 5.75 Å². The SMILES string of the molecule is CCN1C(c2ccc(OC)cc2)=NC2=NN=C3CC(C)(C)CC1C32. The molecule has 2 heterocycles. The Hall–Kier alpha value is -2.17. The zero-order chi connectivity index (χ0) is 16.9. The standard InChI is InChI=1S/C19H24N4O/c1-5-23-15-11-19(2,3)10-14-16(15)17(22-21-14)20-18(23)12-6-8-13(24-4)9-7-12/h6-9,15-16H,5,10-11H2,1-4H3. The number of aliphatic imine (C=N–C) groups is 1. The first-order valence-electron chi connectivity index (χ1n) is 8.66. The Bertz CT molecular complexity index is 745. The summed E-state index contributed by atoms with van der Waals surface area (Å²) in [7, 11) is 1.69. The van der Waals surface area contributed by atoms with E-state index in [4.69, 9.17) is 9.73 Å². The molecule has 5 nitrogen and oxygen atoms in total. The molecule has 1 fully saturated rings. The number of rotatable bonds is 3. The molecule has 0 N–H and O–H groups in total. The third-order valence-corrected chi connectivity index (χ3v) is 5.31. The Morgan fingerprint density at radius 1 is 1.21 bits per heavy atom. The summed E-state index contributed by atoms with van der Waals surface area (Å²) >= 11 is 0. The van der Waals surface area contributed by atoms with Crippen molar-refractivity contribution < 1.29 is 4.74 Å². The van der Waals surface area contributed by atoms with Crippen molar-refractivity contribution in [2.24, 2.45) is 26.5 Å². The predicted octanol–water partition coefficient (Wildman–Crippen LogP) is 3.35. The molecule has 24 heavy (non-hydrogen) atoms. The van der Waals surface area contributed by atoms with E-state index >= 15 is 0 Å². The van der Waals surface area contributed by atoms with Crippen LogP contribution in [0.1, 0.15) is 39.2 Å². The van der Waals surface area contributed by atoms with Crippen LogP contribution in [0.4, 0.5) is 0 Å². The van der Waals surface area contributed by atoms with E-state index in [9.17, 15) is 0 Å². The highest BCUT2D eigenvalue weighted by atomic mass is 16.5. The smallest absolute Gasteiger partial charge is 0.164 e. The molecular formula is C19H24N4O. The zero-order valence-corrected chi connectivity index (χ0v) is 14.8. The number of amidine groups is 2. The molecule has 2 unspecified atom stereocenters. The first-order chi connectivity index (χ1) is 11.5. The van der Waals surface area contributed by atoms with Crippen LogP contribution in [0.15, 0.2) is 39.5 Å². The van der Waals surface area contributed by atoms with Crippen LogP contribution in [0.5, 0.6) is 5.75 Å². The molecule has 0 aromatic heterocycles. The number of ether oxygens (including phenoxy) is 1. The van der Waals surface area contributed by atoms with E-state index in [2.05, 4.69) is 48.0 Å². The normalized spacial score (nSPS) is 27.2. The number of hydrogen-bond donors (Lipinski definition) is 0.